The molecule has 182 valence electrons. The van der Waals surface area contributed by atoms with Crippen LogP contribution in [0.3, 0.4) is 0 Å². The third-order valence-corrected chi connectivity index (χ3v) is 5.24. The molecule has 8 nitrogen and oxygen atoms in total. The lowest BCUT2D eigenvalue weighted by Gasteiger charge is -2.08. The van der Waals surface area contributed by atoms with Gasteiger partial charge >= 0.3 is 5.97 Å². The summed E-state index contributed by atoms with van der Waals surface area (Å²) in [5.41, 5.74) is 1.81. The molecule has 4 rings (SSSR count). The molecular formula is C27H22FN3O5. The Balaban J connectivity index is 1.57. The number of methoxy groups -OCH3 is 1. The van der Waals surface area contributed by atoms with Crippen LogP contribution in [0.15, 0.2) is 79.0 Å². The number of ether oxygens (including phenoxy) is 2. The van der Waals surface area contributed by atoms with Gasteiger partial charge in [-0.3, -0.25) is 9.59 Å². The second kappa shape index (κ2) is 10.6. The monoisotopic (exact) mass is 487 g/mol. The highest BCUT2D eigenvalue weighted by Crippen LogP contribution is 2.26. The fourth-order valence-electron chi connectivity index (χ4n) is 3.51. The van der Waals surface area contributed by atoms with E-state index in [0.717, 1.165) is 11.8 Å². The highest BCUT2D eigenvalue weighted by molar-refractivity contribution is 6.01. The first-order chi connectivity index (χ1) is 17.4. The molecule has 1 heterocycles. The third-order valence-electron chi connectivity index (χ3n) is 5.24. The van der Waals surface area contributed by atoms with Gasteiger partial charge in [0.1, 0.15) is 22.8 Å². The van der Waals surface area contributed by atoms with Crippen molar-refractivity contribution >= 4 is 23.3 Å². The van der Waals surface area contributed by atoms with Gasteiger partial charge in [0, 0.05) is 24.4 Å². The lowest BCUT2D eigenvalue weighted by molar-refractivity contribution is -0.114. The normalized spacial score (nSPS) is 10.5. The minimum absolute atomic E-state index is 0.137. The molecule has 0 saturated carbocycles. The lowest BCUT2D eigenvalue weighted by atomic mass is 10.1. The van der Waals surface area contributed by atoms with Crippen LogP contribution in [0.5, 0.6) is 5.75 Å². The number of para-hydroxylation sites is 1. The summed E-state index contributed by atoms with van der Waals surface area (Å²) in [6.07, 6.45) is 1.52. The Morgan fingerprint density at radius 1 is 0.972 bits per heavy atom. The average molecular weight is 487 g/mol. The van der Waals surface area contributed by atoms with E-state index in [1.807, 2.05) is 30.3 Å². The van der Waals surface area contributed by atoms with E-state index >= 15 is 0 Å². The number of carbonyl (C=O) groups is 3. The molecule has 0 unspecified atom stereocenters. The summed E-state index contributed by atoms with van der Waals surface area (Å²) in [6, 6.07) is 19.8. The van der Waals surface area contributed by atoms with Crippen LogP contribution in [-0.2, 0) is 9.53 Å². The van der Waals surface area contributed by atoms with Crippen LogP contribution >= 0.6 is 0 Å². The van der Waals surface area contributed by atoms with Crippen molar-refractivity contribution < 1.29 is 28.2 Å². The molecule has 0 spiro atoms. The average Bonchev–Trinajstić information content (AvgIpc) is 3.33. The number of halogens is 1. The molecule has 0 aliphatic heterocycles. The second-order valence-electron chi connectivity index (χ2n) is 7.78. The fourth-order valence-corrected chi connectivity index (χ4v) is 3.51. The number of aromatic nitrogens is 2. The van der Waals surface area contributed by atoms with Gasteiger partial charge in [0.2, 0.25) is 11.7 Å². The van der Waals surface area contributed by atoms with Crippen LogP contribution in [-0.4, -0.2) is 41.2 Å². The minimum atomic E-state index is -0.835. The van der Waals surface area contributed by atoms with E-state index in [0.29, 0.717) is 17.0 Å². The highest BCUT2D eigenvalue weighted by Gasteiger charge is 2.22. The molecule has 0 radical (unpaired) electrons. The van der Waals surface area contributed by atoms with Gasteiger partial charge < -0.3 is 14.8 Å². The van der Waals surface area contributed by atoms with E-state index in [2.05, 4.69) is 10.4 Å². The van der Waals surface area contributed by atoms with Gasteiger partial charge in [-0.2, -0.15) is 5.10 Å². The van der Waals surface area contributed by atoms with Gasteiger partial charge in [0.05, 0.1) is 18.4 Å². The summed E-state index contributed by atoms with van der Waals surface area (Å²) >= 11 is 0. The zero-order valence-corrected chi connectivity index (χ0v) is 19.5. The Morgan fingerprint density at radius 3 is 2.33 bits per heavy atom. The summed E-state index contributed by atoms with van der Waals surface area (Å²) in [7, 11) is 1.55. The number of Topliss-reactive ketones (excluding diaryl/α,β-unsaturated/α-hetero) is 1. The maximum Gasteiger partial charge on any atom is 0.342 e. The molecule has 0 bridgehead atoms. The van der Waals surface area contributed by atoms with Crippen LogP contribution in [0.2, 0.25) is 0 Å². The third kappa shape index (κ3) is 5.47. The first-order valence-corrected chi connectivity index (χ1v) is 10.9. The van der Waals surface area contributed by atoms with E-state index in [1.54, 1.807) is 36.1 Å². The molecule has 3 aromatic carbocycles. The summed E-state index contributed by atoms with van der Waals surface area (Å²) in [5, 5.41) is 6.99. The first kappa shape index (κ1) is 24.3. The van der Waals surface area contributed by atoms with Crippen LogP contribution < -0.4 is 10.1 Å². The van der Waals surface area contributed by atoms with Crippen molar-refractivity contribution in [3.63, 3.8) is 0 Å². The number of rotatable bonds is 8. The Kier molecular flexibility index (Phi) is 7.20. The van der Waals surface area contributed by atoms with E-state index in [-0.39, 0.29) is 22.7 Å². The largest absolute Gasteiger partial charge is 0.497 e. The van der Waals surface area contributed by atoms with Crippen molar-refractivity contribution in [2.45, 2.75) is 6.92 Å². The first-order valence-electron chi connectivity index (χ1n) is 10.9. The van der Waals surface area contributed by atoms with Crippen molar-refractivity contribution in [1.29, 1.82) is 0 Å². The van der Waals surface area contributed by atoms with Crippen LogP contribution in [0.25, 0.3) is 16.9 Å². The molecule has 1 amide bonds. The topological polar surface area (TPSA) is 99.5 Å². The zero-order valence-electron chi connectivity index (χ0n) is 19.5. The highest BCUT2D eigenvalue weighted by atomic mass is 19.1. The maximum absolute atomic E-state index is 14.4. The van der Waals surface area contributed by atoms with Crippen molar-refractivity contribution in [3.05, 3.63) is 95.9 Å². The second-order valence-corrected chi connectivity index (χ2v) is 7.78. The summed E-state index contributed by atoms with van der Waals surface area (Å²) in [4.78, 5) is 36.7. The van der Waals surface area contributed by atoms with E-state index in [1.165, 1.54) is 25.3 Å². The van der Waals surface area contributed by atoms with E-state index < -0.39 is 24.2 Å². The number of nitrogens with one attached hydrogen (secondary N) is 1. The van der Waals surface area contributed by atoms with Gasteiger partial charge in [-0.05, 0) is 54.6 Å². The van der Waals surface area contributed by atoms with Crippen LogP contribution in [0.1, 0.15) is 27.6 Å². The summed E-state index contributed by atoms with van der Waals surface area (Å²) in [5.74, 6) is -2.07. The lowest BCUT2D eigenvalue weighted by Crippen LogP contribution is -2.16. The molecule has 36 heavy (non-hydrogen) atoms. The zero-order chi connectivity index (χ0) is 25.7. The van der Waals surface area contributed by atoms with E-state index in [9.17, 15) is 18.8 Å². The van der Waals surface area contributed by atoms with Gasteiger partial charge in [-0.25, -0.2) is 13.9 Å². The predicted octanol–water partition coefficient (Wildman–Crippen LogP) is 4.69. The number of benzene rings is 3. The van der Waals surface area contributed by atoms with Gasteiger partial charge in [0.15, 0.2) is 6.61 Å². The van der Waals surface area contributed by atoms with Crippen molar-refractivity contribution in [2.75, 3.05) is 19.0 Å². The van der Waals surface area contributed by atoms with E-state index in [4.69, 9.17) is 9.47 Å². The number of nitrogens with zero attached hydrogens (tertiary/aromatic N) is 2. The molecule has 0 atom stereocenters. The molecule has 9 heteroatoms. The van der Waals surface area contributed by atoms with Crippen LogP contribution in [0.4, 0.5) is 10.1 Å². The number of carbonyl (C=O) groups excluding carboxylic acids is 3. The fraction of sp³-hybridized carbons (Fsp3) is 0.111. The number of hydrogen-bond acceptors (Lipinski definition) is 6. The Labute approximate surface area is 206 Å². The quantitative estimate of drug-likeness (QED) is 0.286. The number of anilines is 1. The molecular weight excluding hydrogens is 465 g/mol. The SMILES string of the molecule is COc1ccc(-c2nn(-c3ccccc3)cc2C(=O)OCC(=O)c2ccc(NC(C)=O)cc2F)cc1. The van der Waals surface area contributed by atoms with Gasteiger partial charge in [-0.15, -0.1) is 0 Å². The maximum atomic E-state index is 14.4. The van der Waals surface area contributed by atoms with Crippen molar-refractivity contribution in [1.82, 2.24) is 9.78 Å². The standard InChI is InChI=1S/C27H22FN3O5/c1-17(32)29-19-10-13-22(24(28)14-19)25(33)16-36-27(34)23-15-31(20-6-4-3-5-7-20)30-26(23)18-8-11-21(35-2)12-9-18/h3-15H,16H2,1-2H3,(H,29,32). The summed E-state index contributed by atoms with van der Waals surface area (Å²) < 4.78 is 26.4. The number of ketones is 1. The summed E-state index contributed by atoms with van der Waals surface area (Å²) in [6.45, 7) is 0.615. The minimum Gasteiger partial charge on any atom is -0.497 e. The van der Waals surface area contributed by atoms with Gasteiger partial charge in [-0.1, -0.05) is 18.2 Å². The number of esters is 1. The van der Waals surface area contributed by atoms with Crippen LogP contribution in [0, 0.1) is 5.82 Å². The van der Waals surface area contributed by atoms with Crippen molar-refractivity contribution in [2.24, 2.45) is 0 Å². The molecule has 4 aromatic rings. The number of hydrogen-bond donors (Lipinski definition) is 1. The molecule has 1 N–H and O–H groups in total. The smallest absolute Gasteiger partial charge is 0.342 e. The molecule has 0 saturated heterocycles. The Bertz CT molecular complexity index is 1420. The van der Waals surface area contributed by atoms with Crippen molar-refractivity contribution in [3.8, 4) is 22.7 Å². The van der Waals surface area contributed by atoms with Gasteiger partial charge in [0.25, 0.3) is 0 Å². The molecule has 0 aliphatic rings. The molecule has 1 aromatic heterocycles. The predicted molar refractivity (Wildman–Crippen MR) is 131 cm³/mol. The Morgan fingerprint density at radius 2 is 1.69 bits per heavy atom. The molecule has 0 fully saturated rings. The molecule has 0 aliphatic carbocycles. The number of amides is 1. The Hall–Kier alpha value is -4.79.